The number of methoxy groups -OCH3 is 2. The third kappa shape index (κ3) is 7.75. The first-order valence-electron chi connectivity index (χ1n) is 11.2. The average molecular weight is 569 g/mol. The Bertz CT molecular complexity index is 860. The fourth-order valence-corrected chi connectivity index (χ4v) is 3.97. The van der Waals surface area contributed by atoms with Gasteiger partial charge in [0.15, 0.2) is 17.5 Å². The lowest BCUT2D eigenvalue weighted by molar-refractivity contribution is 0.0169. The molecule has 0 spiro atoms. The molecule has 182 valence electrons. The van der Waals surface area contributed by atoms with Crippen LogP contribution < -0.4 is 20.1 Å². The van der Waals surface area contributed by atoms with Crippen molar-refractivity contribution in [2.24, 2.45) is 4.99 Å². The highest BCUT2D eigenvalue weighted by atomic mass is 127. The van der Waals surface area contributed by atoms with Gasteiger partial charge in [-0.05, 0) is 29.2 Å². The van der Waals surface area contributed by atoms with Crippen LogP contribution in [0.15, 0.2) is 53.5 Å². The molecule has 1 aliphatic rings. The van der Waals surface area contributed by atoms with E-state index in [2.05, 4.69) is 63.8 Å². The van der Waals surface area contributed by atoms with Crippen LogP contribution in [0, 0.1) is 0 Å². The summed E-state index contributed by atoms with van der Waals surface area (Å²) in [6.07, 6.45) is 0. The van der Waals surface area contributed by atoms with Gasteiger partial charge in [-0.25, -0.2) is 0 Å². The average Bonchev–Trinajstić information content (AvgIpc) is 2.86. The number of halogens is 1. The Hall–Kier alpha value is -2.04. The monoisotopic (exact) mass is 568 g/mol. The first-order chi connectivity index (χ1) is 15.7. The standard InChI is InChI=1S/C25H36N4O3.HI/c1-19(20-8-6-5-7-9-20)17-27-25(26-2)28-18-22(29-12-14-32-15-13-29)21-10-11-23(30-3)24(16-21)31-4;/h5-11,16,19,22H,12-15,17-18H2,1-4H3,(H2,26,27,28);1H. The summed E-state index contributed by atoms with van der Waals surface area (Å²) in [7, 11) is 5.14. The van der Waals surface area contributed by atoms with Gasteiger partial charge in [-0.15, -0.1) is 24.0 Å². The zero-order valence-corrected chi connectivity index (χ0v) is 22.4. The predicted octanol–water partition coefficient (Wildman–Crippen LogP) is 3.66. The van der Waals surface area contributed by atoms with E-state index in [0.29, 0.717) is 5.92 Å². The van der Waals surface area contributed by atoms with Crippen LogP contribution in [-0.2, 0) is 4.74 Å². The number of nitrogens with zero attached hydrogens (tertiary/aromatic N) is 2. The van der Waals surface area contributed by atoms with Crippen LogP contribution in [0.5, 0.6) is 11.5 Å². The number of aliphatic imine (C=N–C) groups is 1. The molecule has 2 aromatic rings. The minimum absolute atomic E-state index is 0. The van der Waals surface area contributed by atoms with Gasteiger partial charge in [0.2, 0.25) is 0 Å². The van der Waals surface area contributed by atoms with Crippen molar-refractivity contribution in [2.75, 3.05) is 60.7 Å². The molecule has 3 rings (SSSR count). The third-order valence-electron chi connectivity index (χ3n) is 5.91. The molecule has 0 radical (unpaired) electrons. The van der Waals surface area contributed by atoms with E-state index in [1.54, 1.807) is 14.2 Å². The lowest BCUT2D eigenvalue weighted by Gasteiger charge is -2.35. The molecule has 2 atom stereocenters. The van der Waals surface area contributed by atoms with E-state index in [9.17, 15) is 0 Å². The fraction of sp³-hybridized carbons (Fsp3) is 0.480. The summed E-state index contributed by atoms with van der Waals surface area (Å²) < 4.78 is 16.5. The molecule has 0 bridgehead atoms. The third-order valence-corrected chi connectivity index (χ3v) is 5.91. The normalized spacial score (nSPS) is 16.3. The van der Waals surface area contributed by atoms with Gasteiger partial charge >= 0.3 is 0 Å². The SMILES string of the molecule is CN=C(NCC(C)c1ccccc1)NCC(c1ccc(OC)c(OC)c1)N1CCOCC1.I. The van der Waals surface area contributed by atoms with Crippen LogP contribution in [0.25, 0.3) is 0 Å². The van der Waals surface area contributed by atoms with E-state index >= 15 is 0 Å². The topological polar surface area (TPSA) is 67.4 Å². The van der Waals surface area contributed by atoms with Gasteiger partial charge in [0.1, 0.15) is 0 Å². The molecule has 2 aromatic carbocycles. The first kappa shape index (κ1) is 27.2. The number of ether oxygens (including phenoxy) is 3. The largest absolute Gasteiger partial charge is 0.493 e. The molecule has 1 fully saturated rings. The molecule has 0 saturated carbocycles. The van der Waals surface area contributed by atoms with Crippen molar-refractivity contribution < 1.29 is 14.2 Å². The van der Waals surface area contributed by atoms with Crippen LogP contribution in [0.3, 0.4) is 0 Å². The summed E-state index contributed by atoms with van der Waals surface area (Å²) in [6.45, 7) is 7.00. The maximum Gasteiger partial charge on any atom is 0.191 e. The lowest BCUT2D eigenvalue weighted by Crippen LogP contribution is -2.46. The van der Waals surface area contributed by atoms with Crippen molar-refractivity contribution >= 4 is 29.9 Å². The summed E-state index contributed by atoms with van der Waals surface area (Å²) in [5, 5.41) is 6.99. The maximum absolute atomic E-state index is 5.58. The van der Waals surface area contributed by atoms with Gasteiger partial charge in [0.05, 0.1) is 33.5 Å². The molecule has 1 saturated heterocycles. The highest BCUT2D eigenvalue weighted by Gasteiger charge is 2.24. The van der Waals surface area contributed by atoms with Gasteiger partial charge in [0.25, 0.3) is 0 Å². The van der Waals surface area contributed by atoms with Gasteiger partial charge in [-0.3, -0.25) is 9.89 Å². The van der Waals surface area contributed by atoms with Crippen LogP contribution in [0.1, 0.15) is 30.0 Å². The highest BCUT2D eigenvalue weighted by Crippen LogP contribution is 2.32. The molecule has 0 amide bonds. The second kappa shape index (κ2) is 14.3. The maximum atomic E-state index is 5.58. The Balaban J connectivity index is 0.00000385. The Kier molecular flexibility index (Phi) is 11.8. The molecule has 33 heavy (non-hydrogen) atoms. The van der Waals surface area contributed by atoms with Crippen molar-refractivity contribution in [3.8, 4) is 11.5 Å². The van der Waals surface area contributed by atoms with Crippen molar-refractivity contribution in [1.29, 1.82) is 0 Å². The molecule has 7 nitrogen and oxygen atoms in total. The molecule has 2 unspecified atom stereocenters. The van der Waals surface area contributed by atoms with E-state index < -0.39 is 0 Å². The lowest BCUT2D eigenvalue weighted by atomic mass is 10.0. The van der Waals surface area contributed by atoms with Gasteiger partial charge in [-0.2, -0.15) is 0 Å². The van der Waals surface area contributed by atoms with E-state index in [4.69, 9.17) is 14.2 Å². The number of morpholine rings is 1. The summed E-state index contributed by atoms with van der Waals surface area (Å²) in [5.74, 6) is 2.65. The van der Waals surface area contributed by atoms with E-state index in [0.717, 1.165) is 56.9 Å². The summed E-state index contributed by atoms with van der Waals surface area (Å²) in [4.78, 5) is 6.87. The zero-order chi connectivity index (χ0) is 22.8. The number of guanidine groups is 1. The minimum atomic E-state index is 0. The van der Waals surface area contributed by atoms with E-state index in [1.807, 2.05) is 19.2 Å². The second-order valence-corrected chi connectivity index (χ2v) is 7.92. The fourth-order valence-electron chi connectivity index (χ4n) is 3.97. The van der Waals surface area contributed by atoms with Crippen LogP contribution in [-0.4, -0.2) is 71.5 Å². The van der Waals surface area contributed by atoms with Gasteiger partial charge in [0, 0.05) is 33.2 Å². The quantitative estimate of drug-likeness (QED) is 0.274. The predicted molar refractivity (Wildman–Crippen MR) is 144 cm³/mol. The molecule has 2 N–H and O–H groups in total. The zero-order valence-electron chi connectivity index (χ0n) is 20.0. The first-order valence-corrected chi connectivity index (χ1v) is 11.2. The number of benzene rings is 2. The molecule has 0 aromatic heterocycles. The van der Waals surface area contributed by atoms with Crippen molar-refractivity contribution in [3.05, 3.63) is 59.7 Å². The van der Waals surface area contributed by atoms with E-state index in [1.165, 1.54) is 11.1 Å². The Morgan fingerprint density at radius 2 is 1.64 bits per heavy atom. The van der Waals surface area contributed by atoms with Crippen molar-refractivity contribution in [2.45, 2.75) is 18.9 Å². The Labute approximate surface area is 214 Å². The molecule has 1 aliphatic heterocycles. The Morgan fingerprint density at radius 3 is 2.27 bits per heavy atom. The highest BCUT2D eigenvalue weighted by molar-refractivity contribution is 14.0. The summed E-state index contributed by atoms with van der Waals surface area (Å²) >= 11 is 0. The molecule has 0 aliphatic carbocycles. The van der Waals surface area contributed by atoms with Crippen LogP contribution in [0.2, 0.25) is 0 Å². The summed E-state index contributed by atoms with van der Waals surface area (Å²) in [5.41, 5.74) is 2.48. The molecular formula is C25H37IN4O3. The molecular weight excluding hydrogens is 531 g/mol. The molecule has 1 heterocycles. The van der Waals surface area contributed by atoms with Crippen LogP contribution >= 0.6 is 24.0 Å². The van der Waals surface area contributed by atoms with Crippen LogP contribution in [0.4, 0.5) is 0 Å². The minimum Gasteiger partial charge on any atom is -0.493 e. The Morgan fingerprint density at radius 1 is 0.970 bits per heavy atom. The van der Waals surface area contributed by atoms with Gasteiger partial charge < -0.3 is 24.8 Å². The van der Waals surface area contributed by atoms with Crippen molar-refractivity contribution in [1.82, 2.24) is 15.5 Å². The van der Waals surface area contributed by atoms with Crippen molar-refractivity contribution in [3.63, 3.8) is 0 Å². The number of nitrogens with one attached hydrogen (secondary N) is 2. The number of rotatable bonds is 9. The second-order valence-electron chi connectivity index (χ2n) is 7.92. The number of hydrogen-bond acceptors (Lipinski definition) is 5. The number of hydrogen-bond donors (Lipinski definition) is 2. The van der Waals surface area contributed by atoms with E-state index in [-0.39, 0.29) is 30.0 Å². The smallest absolute Gasteiger partial charge is 0.191 e. The summed E-state index contributed by atoms with van der Waals surface area (Å²) in [6, 6.07) is 16.8. The van der Waals surface area contributed by atoms with Gasteiger partial charge in [-0.1, -0.05) is 43.3 Å². The molecule has 8 heteroatoms.